The van der Waals surface area contributed by atoms with Crippen LogP contribution in [0.15, 0.2) is 21.6 Å². The van der Waals surface area contributed by atoms with Crippen molar-refractivity contribution in [3.63, 3.8) is 0 Å². The van der Waals surface area contributed by atoms with E-state index in [-0.39, 0.29) is 5.54 Å². The van der Waals surface area contributed by atoms with Crippen LogP contribution in [-0.4, -0.2) is 18.6 Å². The highest BCUT2D eigenvalue weighted by molar-refractivity contribution is 5.62. The first-order valence-corrected chi connectivity index (χ1v) is 3.63. The molecule has 0 saturated carbocycles. The van der Waals surface area contributed by atoms with Crippen molar-refractivity contribution in [1.29, 1.82) is 0 Å². The molecule has 0 N–H and O–H groups in total. The summed E-state index contributed by atoms with van der Waals surface area (Å²) in [5.41, 5.74) is 1.11. The first-order chi connectivity index (χ1) is 4.98. The monoisotopic (exact) mass is 152 g/mol. The number of aliphatic imine (C=N–C) groups is 2. The van der Waals surface area contributed by atoms with Crippen LogP contribution < -0.4 is 0 Å². The molecule has 0 fully saturated rings. The molecule has 0 aromatic carbocycles. The molecule has 0 radical (unpaired) electrons. The fourth-order valence-electron chi connectivity index (χ4n) is 0.933. The van der Waals surface area contributed by atoms with Gasteiger partial charge in [0.1, 0.15) is 6.34 Å². The van der Waals surface area contributed by atoms with Crippen LogP contribution >= 0.6 is 0 Å². The van der Waals surface area contributed by atoms with E-state index in [9.17, 15) is 0 Å². The van der Waals surface area contributed by atoms with Gasteiger partial charge in [-0.3, -0.25) is 9.98 Å². The first-order valence-electron chi connectivity index (χ1n) is 3.63. The lowest BCUT2D eigenvalue weighted by molar-refractivity contribution is 0.655. The molecular formula is C9H16N2. The molecule has 0 unspecified atom stereocenters. The van der Waals surface area contributed by atoms with Gasteiger partial charge in [0.15, 0.2) is 0 Å². The third-order valence-electron chi connectivity index (χ3n) is 1.11. The van der Waals surface area contributed by atoms with Gasteiger partial charge < -0.3 is 0 Å². The number of hydrogen-bond acceptors (Lipinski definition) is 1. The van der Waals surface area contributed by atoms with Crippen molar-refractivity contribution >= 4 is 13.1 Å². The fourth-order valence-corrected chi connectivity index (χ4v) is 0.933. The van der Waals surface area contributed by atoms with Crippen LogP contribution in [0.4, 0.5) is 0 Å². The predicted octanol–water partition coefficient (Wildman–Crippen LogP) is 2.46. The van der Waals surface area contributed by atoms with E-state index in [2.05, 4.69) is 36.6 Å². The maximum Gasteiger partial charge on any atom is 0.110 e. The molecule has 0 amide bonds. The molecule has 11 heavy (non-hydrogen) atoms. The maximum absolute atomic E-state index is 4.18. The lowest BCUT2D eigenvalue weighted by Crippen LogP contribution is -2.12. The van der Waals surface area contributed by atoms with E-state index >= 15 is 0 Å². The zero-order valence-electron chi connectivity index (χ0n) is 7.76. The molecule has 2 heteroatoms. The van der Waals surface area contributed by atoms with Gasteiger partial charge >= 0.3 is 0 Å². The molecule has 62 valence electrons. The van der Waals surface area contributed by atoms with Gasteiger partial charge in [0.05, 0.1) is 5.54 Å². The Bertz CT molecular complexity index is 184. The van der Waals surface area contributed by atoms with Crippen LogP contribution in [0.2, 0.25) is 0 Å². The van der Waals surface area contributed by atoms with Crippen LogP contribution in [0.1, 0.15) is 27.7 Å². The molecule has 0 bridgehead atoms. The molecule has 0 atom stereocenters. The van der Waals surface area contributed by atoms with E-state index in [4.69, 9.17) is 0 Å². The van der Waals surface area contributed by atoms with Crippen molar-refractivity contribution in [3.05, 3.63) is 11.6 Å². The Morgan fingerprint density at radius 1 is 1.36 bits per heavy atom. The minimum Gasteiger partial charge on any atom is -0.263 e. The summed E-state index contributed by atoms with van der Waals surface area (Å²) >= 11 is 0. The minimum absolute atomic E-state index is 0.153. The standard InChI is InChI=1S/C9H16N2/c1-8(2)6-9(3,4)11-7-10-5/h6-7H,5H2,1-4H3. The van der Waals surface area contributed by atoms with Gasteiger partial charge in [-0.1, -0.05) is 11.6 Å². The summed E-state index contributed by atoms with van der Waals surface area (Å²) in [6.45, 7) is 11.5. The van der Waals surface area contributed by atoms with Gasteiger partial charge in [0.2, 0.25) is 0 Å². The summed E-state index contributed by atoms with van der Waals surface area (Å²) in [5.74, 6) is 0. The Morgan fingerprint density at radius 3 is 2.27 bits per heavy atom. The van der Waals surface area contributed by atoms with Gasteiger partial charge in [-0.2, -0.15) is 0 Å². The highest BCUT2D eigenvalue weighted by atomic mass is 14.9. The molecule has 2 nitrogen and oxygen atoms in total. The third kappa shape index (κ3) is 5.52. The van der Waals surface area contributed by atoms with E-state index in [0.717, 1.165) is 0 Å². The van der Waals surface area contributed by atoms with E-state index in [0.29, 0.717) is 0 Å². The summed E-state index contributed by atoms with van der Waals surface area (Å²) in [6.07, 6.45) is 3.58. The highest BCUT2D eigenvalue weighted by Gasteiger charge is 2.09. The largest absolute Gasteiger partial charge is 0.263 e. The zero-order chi connectivity index (χ0) is 8.91. The van der Waals surface area contributed by atoms with E-state index < -0.39 is 0 Å². The third-order valence-corrected chi connectivity index (χ3v) is 1.11. The first kappa shape index (κ1) is 10.1. The highest BCUT2D eigenvalue weighted by Crippen LogP contribution is 2.12. The van der Waals surface area contributed by atoms with Gasteiger partial charge in [0, 0.05) is 0 Å². The second-order valence-electron chi connectivity index (χ2n) is 3.30. The van der Waals surface area contributed by atoms with Crippen LogP contribution in [0.5, 0.6) is 0 Å². The van der Waals surface area contributed by atoms with Crippen LogP contribution in [0.3, 0.4) is 0 Å². The van der Waals surface area contributed by atoms with Gasteiger partial charge in [-0.05, 0) is 34.4 Å². The number of nitrogens with zero attached hydrogens (tertiary/aromatic N) is 2. The van der Waals surface area contributed by atoms with Gasteiger partial charge in [-0.25, -0.2) is 0 Å². The van der Waals surface area contributed by atoms with Crippen molar-refractivity contribution in [1.82, 2.24) is 0 Å². The number of allylic oxidation sites excluding steroid dienone is 1. The summed E-state index contributed by atoms with van der Waals surface area (Å²) in [4.78, 5) is 7.74. The van der Waals surface area contributed by atoms with Crippen molar-refractivity contribution < 1.29 is 0 Å². The quantitative estimate of drug-likeness (QED) is 0.337. The summed E-state index contributed by atoms with van der Waals surface area (Å²) < 4.78 is 0. The van der Waals surface area contributed by atoms with Gasteiger partial charge in [-0.15, -0.1) is 0 Å². The second kappa shape index (κ2) is 4.06. The molecule has 0 aliphatic heterocycles. The van der Waals surface area contributed by atoms with Crippen molar-refractivity contribution in [2.24, 2.45) is 9.98 Å². The molecular weight excluding hydrogens is 136 g/mol. The molecule has 0 aromatic rings. The lowest BCUT2D eigenvalue weighted by atomic mass is 10.0. The van der Waals surface area contributed by atoms with E-state index in [1.165, 1.54) is 11.9 Å². The van der Waals surface area contributed by atoms with Gasteiger partial charge in [0.25, 0.3) is 0 Å². The van der Waals surface area contributed by atoms with Crippen molar-refractivity contribution in [2.45, 2.75) is 33.2 Å². The smallest absolute Gasteiger partial charge is 0.110 e. The SMILES string of the molecule is C=NC=NC(C)(C)C=C(C)C. The Labute approximate surface area is 68.8 Å². The summed E-state index contributed by atoms with van der Waals surface area (Å²) in [7, 11) is 0. The summed E-state index contributed by atoms with van der Waals surface area (Å²) in [5, 5.41) is 0. The Hall–Kier alpha value is -0.920. The number of rotatable bonds is 3. The molecule has 0 saturated heterocycles. The summed E-state index contributed by atoms with van der Waals surface area (Å²) in [6, 6.07) is 0. The molecule has 0 aliphatic carbocycles. The average molecular weight is 152 g/mol. The van der Waals surface area contributed by atoms with Crippen molar-refractivity contribution in [2.75, 3.05) is 0 Å². The Kier molecular flexibility index (Phi) is 3.72. The molecule has 0 heterocycles. The maximum atomic E-state index is 4.18. The number of hydrogen-bond donors (Lipinski definition) is 0. The minimum atomic E-state index is -0.153. The van der Waals surface area contributed by atoms with E-state index in [1.807, 2.05) is 13.8 Å². The average Bonchev–Trinajstić information content (AvgIpc) is 1.81. The van der Waals surface area contributed by atoms with E-state index in [1.54, 1.807) is 0 Å². The lowest BCUT2D eigenvalue weighted by Gasteiger charge is -2.13. The molecule has 0 aromatic heterocycles. The zero-order valence-corrected chi connectivity index (χ0v) is 7.76. The topological polar surface area (TPSA) is 24.7 Å². The molecule has 0 spiro atoms. The van der Waals surface area contributed by atoms with Crippen LogP contribution in [0, 0.1) is 0 Å². The van der Waals surface area contributed by atoms with Crippen LogP contribution in [-0.2, 0) is 0 Å². The molecule has 0 aliphatic rings. The normalized spacial score (nSPS) is 11.6. The van der Waals surface area contributed by atoms with Crippen molar-refractivity contribution in [3.8, 4) is 0 Å². The Balaban J connectivity index is 4.33. The second-order valence-corrected chi connectivity index (χ2v) is 3.30. The molecule has 0 rings (SSSR count). The van der Waals surface area contributed by atoms with Crippen LogP contribution in [0.25, 0.3) is 0 Å². The fraction of sp³-hybridized carbons (Fsp3) is 0.556. The Morgan fingerprint density at radius 2 is 1.91 bits per heavy atom. The predicted molar refractivity (Wildman–Crippen MR) is 51.6 cm³/mol.